The molecule has 4 aromatic rings. The number of nitrogens with one attached hydrogen (secondary N) is 1. The lowest BCUT2D eigenvalue weighted by Gasteiger charge is -2.12. The number of nitrogens with zero attached hydrogens (tertiary/aromatic N) is 2. The zero-order valence-electron chi connectivity index (χ0n) is 15.7. The van der Waals surface area contributed by atoms with Crippen LogP contribution in [-0.2, 0) is 6.18 Å². The molecule has 2 aromatic heterocycles. The molecule has 0 amide bonds. The quantitative estimate of drug-likeness (QED) is 0.388. The zero-order chi connectivity index (χ0) is 21.8. The summed E-state index contributed by atoms with van der Waals surface area (Å²) >= 11 is 12.1. The highest BCUT2D eigenvalue weighted by Gasteiger charge is 2.31. The molecule has 0 aliphatic rings. The maximum Gasteiger partial charge on any atom is 0.416 e. The summed E-state index contributed by atoms with van der Waals surface area (Å²) in [7, 11) is 0. The Morgan fingerprint density at radius 2 is 1.73 bits per heavy atom. The Morgan fingerprint density at radius 3 is 2.37 bits per heavy atom. The first kappa shape index (κ1) is 20.5. The Hall–Kier alpha value is -2.77. The Kier molecular flexibility index (Phi) is 4.91. The van der Waals surface area contributed by atoms with Crippen molar-refractivity contribution in [2.45, 2.75) is 20.0 Å². The summed E-state index contributed by atoms with van der Waals surface area (Å²) in [5.74, 6) is 0. The van der Waals surface area contributed by atoms with E-state index in [0.717, 1.165) is 12.1 Å². The first-order chi connectivity index (χ1) is 14.1. The van der Waals surface area contributed by atoms with Gasteiger partial charge in [0.2, 0.25) is 0 Å². The molecule has 0 aliphatic carbocycles. The van der Waals surface area contributed by atoms with Gasteiger partial charge in [0, 0.05) is 17.2 Å². The maximum atomic E-state index is 13.0. The second-order valence-electron chi connectivity index (χ2n) is 6.90. The van der Waals surface area contributed by atoms with E-state index in [0.29, 0.717) is 49.3 Å². The van der Waals surface area contributed by atoms with Crippen molar-refractivity contribution in [3.8, 4) is 22.4 Å². The lowest BCUT2D eigenvalue weighted by Crippen LogP contribution is -2.11. The van der Waals surface area contributed by atoms with Gasteiger partial charge in [-0.1, -0.05) is 35.3 Å². The summed E-state index contributed by atoms with van der Waals surface area (Å²) < 4.78 is 40.6. The van der Waals surface area contributed by atoms with E-state index in [1.807, 2.05) is 0 Å². The van der Waals surface area contributed by atoms with E-state index in [-0.39, 0.29) is 0 Å². The van der Waals surface area contributed by atoms with Gasteiger partial charge in [-0.15, -0.1) is 0 Å². The fourth-order valence-corrected chi connectivity index (χ4v) is 3.77. The first-order valence-electron chi connectivity index (χ1n) is 8.82. The molecule has 0 unspecified atom stereocenters. The van der Waals surface area contributed by atoms with E-state index in [1.54, 1.807) is 32.0 Å². The number of alkyl halides is 3. The smallest absolute Gasteiger partial charge is 0.306 e. The van der Waals surface area contributed by atoms with Gasteiger partial charge in [-0.3, -0.25) is 4.79 Å². The third-order valence-corrected chi connectivity index (χ3v) is 5.58. The summed E-state index contributed by atoms with van der Waals surface area (Å²) in [6.07, 6.45) is -4.45. The number of benzene rings is 2. The molecule has 1 N–H and O–H groups in total. The van der Waals surface area contributed by atoms with Crippen LogP contribution < -0.4 is 5.56 Å². The monoisotopic (exact) mass is 451 g/mol. The number of aromatic amines is 1. The number of aryl methyl sites for hydroxylation is 2. The van der Waals surface area contributed by atoms with E-state index in [9.17, 15) is 18.0 Å². The van der Waals surface area contributed by atoms with Crippen LogP contribution in [-0.4, -0.2) is 14.6 Å². The number of halogens is 5. The van der Waals surface area contributed by atoms with E-state index in [4.69, 9.17) is 23.2 Å². The van der Waals surface area contributed by atoms with Crippen LogP contribution >= 0.6 is 23.2 Å². The highest BCUT2D eigenvalue weighted by atomic mass is 35.5. The molecule has 0 saturated heterocycles. The molecule has 154 valence electrons. The van der Waals surface area contributed by atoms with Crippen molar-refractivity contribution < 1.29 is 13.2 Å². The van der Waals surface area contributed by atoms with Crippen molar-refractivity contribution in [2.24, 2.45) is 0 Å². The fraction of sp³-hybridized carbons (Fsp3) is 0.143. The summed E-state index contributed by atoms with van der Waals surface area (Å²) in [4.78, 5) is 15.2. The van der Waals surface area contributed by atoms with Crippen molar-refractivity contribution in [1.82, 2.24) is 14.6 Å². The van der Waals surface area contributed by atoms with Crippen LogP contribution in [0.15, 0.2) is 47.3 Å². The Bertz CT molecular complexity index is 1360. The number of hydrogen-bond acceptors (Lipinski definition) is 2. The van der Waals surface area contributed by atoms with Gasteiger partial charge < -0.3 is 4.98 Å². The molecule has 0 radical (unpaired) electrons. The van der Waals surface area contributed by atoms with Gasteiger partial charge in [0.15, 0.2) is 0 Å². The SMILES string of the molecule is Cc1cc(C(F)(F)F)ccc1-c1cc(=O)[nH]c2c(-c3ccc(Cl)c(Cl)c3)c(C)nn12. The molecule has 0 saturated carbocycles. The van der Waals surface area contributed by atoms with Crippen LogP contribution in [0, 0.1) is 13.8 Å². The Labute approximate surface area is 178 Å². The van der Waals surface area contributed by atoms with E-state index in [2.05, 4.69) is 10.1 Å². The second kappa shape index (κ2) is 7.18. The van der Waals surface area contributed by atoms with Crippen molar-refractivity contribution in [1.29, 1.82) is 0 Å². The number of H-pyrrole nitrogens is 1. The molecule has 4 rings (SSSR count). The van der Waals surface area contributed by atoms with Gasteiger partial charge in [-0.25, -0.2) is 4.52 Å². The standard InChI is InChI=1S/C21H14Cl2F3N3O/c1-10-7-13(21(24,25)26)4-5-14(10)17-9-18(30)27-20-19(11(2)28-29(17)20)12-3-6-15(22)16(23)8-12/h3-9H,1-2H3,(H,27,30). The van der Waals surface area contributed by atoms with Gasteiger partial charge >= 0.3 is 6.18 Å². The van der Waals surface area contributed by atoms with Gasteiger partial charge in [-0.2, -0.15) is 18.3 Å². The lowest BCUT2D eigenvalue weighted by atomic mass is 10.0. The van der Waals surface area contributed by atoms with Crippen molar-refractivity contribution in [3.05, 3.63) is 79.7 Å². The highest BCUT2D eigenvalue weighted by Crippen LogP contribution is 2.35. The largest absolute Gasteiger partial charge is 0.416 e. The molecule has 9 heteroatoms. The van der Waals surface area contributed by atoms with Crippen LogP contribution in [0.1, 0.15) is 16.8 Å². The molecule has 2 heterocycles. The number of fused-ring (bicyclic) bond motifs is 1. The zero-order valence-corrected chi connectivity index (χ0v) is 17.2. The van der Waals surface area contributed by atoms with E-state index >= 15 is 0 Å². The molecule has 0 spiro atoms. The third kappa shape index (κ3) is 3.48. The molecule has 30 heavy (non-hydrogen) atoms. The molecule has 0 aliphatic heterocycles. The van der Waals surface area contributed by atoms with Crippen LogP contribution in [0.5, 0.6) is 0 Å². The molecule has 4 nitrogen and oxygen atoms in total. The van der Waals surface area contributed by atoms with Crippen LogP contribution in [0.4, 0.5) is 13.2 Å². The van der Waals surface area contributed by atoms with Crippen LogP contribution in [0.3, 0.4) is 0 Å². The molecule has 0 fully saturated rings. The van der Waals surface area contributed by atoms with Crippen LogP contribution in [0.2, 0.25) is 10.0 Å². The number of hydrogen-bond donors (Lipinski definition) is 1. The predicted molar refractivity (Wildman–Crippen MR) is 111 cm³/mol. The molecular weight excluding hydrogens is 438 g/mol. The van der Waals surface area contributed by atoms with Gasteiger partial charge in [-0.05, 0) is 49.2 Å². The van der Waals surface area contributed by atoms with Crippen molar-refractivity contribution >= 4 is 28.8 Å². The lowest BCUT2D eigenvalue weighted by molar-refractivity contribution is -0.137. The minimum Gasteiger partial charge on any atom is -0.306 e. The summed E-state index contributed by atoms with van der Waals surface area (Å²) in [5, 5.41) is 5.26. The normalized spacial score (nSPS) is 12.0. The summed E-state index contributed by atoms with van der Waals surface area (Å²) in [6.45, 7) is 3.33. The maximum absolute atomic E-state index is 13.0. The topological polar surface area (TPSA) is 50.2 Å². The van der Waals surface area contributed by atoms with Crippen molar-refractivity contribution in [3.63, 3.8) is 0 Å². The molecule has 2 aromatic carbocycles. The molecular formula is C21H14Cl2F3N3O. The van der Waals surface area contributed by atoms with Crippen LogP contribution in [0.25, 0.3) is 28.0 Å². The molecule has 0 atom stereocenters. The van der Waals surface area contributed by atoms with Crippen molar-refractivity contribution in [2.75, 3.05) is 0 Å². The summed E-state index contributed by atoms with van der Waals surface area (Å²) in [6, 6.07) is 9.78. The predicted octanol–water partition coefficient (Wildman–Crippen LogP) is 6.30. The third-order valence-electron chi connectivity index (χ3n) is 4.84. The molecule has 0 bridgehead atoms. The second-order valence-corrected chi connectivity index (χ2v) is 7.71. The minimum atomic E-state index is -4.45. The Morgan fingerprint density at radius 1 is 1.00 bits per heavy atom. The van der Waals surface area contributed by atoms with Gasteiger partial charge in [0.1, 0.15) is 5.65 Å². The van der Waals surface area contributed by atoms with Gasteiger partial charge in [0.25, 0.3) is 5.56 Å². The van der Waals surface area contributed by atoms with E-state index < -0.39 is 17.3 Å². The number of aromatic nitrogens is 3. The first-order valence-corrected chi connectivity index (χ1v) is 9.58. The average molecular weight is 452 g/mol. The van der Waals surface area contributed by atoms with E-state index in [1.165, 1.54) is 16.6 Å². The highest BCUT2D eigenvalue weighted by molar-refractivity contribution is 6.42. The fourth-order valence-electron chi connectivity index (χ4n) is 3.47. The Balaban J connectivity index is 1.98. The minimum absolute atomic E-state index is 0.352. The summed E-state index contributed by atoms with van der Waals surface area (Å²) in [5.41, 5.74) is 2.45. The number of rotatable bonds is 2. The van der Waals surface area contributed by atoms with Gasteiger partial charge in [0.05, 0.1) is 27.0 Å². The average Bonchev–Trinajstić information content (AvgIpc) is 2.98.